The van der Waals surface area contributed by atoms with Gasteiger partial charge < -0.3 is 15.5 Å². The highest BCUT2D eigenvalue weighted by Gasteiger charge is 2.36. The summed E-state index contributed by atoms with van der Waals surface area (Å²) in [5.74, 6) is 0.0102. The first-order chi connectivity index (χ1) is 10.8. The minimum absolute atomic E-state index is 0.0102. The number of fused-ring (bicyclic) bond motifs is 1. The molecule has 1 atom stereocenters. The van der Waals surface area contributed by atoms with Crippen LogP contribution in [0.4, 0.5) is 11.4 Å². The Morgan fingerprint density at radius 1 is 1.05 bits per heavy atom. The summed E-state index contributed by atoms with van der Waals surface area (Å²) in [4.78, 5) is 14.6. The normalized spacial score (nSPS) is 20.0. The molecule has 1 unspecified atom stereocenters. The van der Waals surface area contributed by atoms with Gasteiger partial charge >= 0.3 is 0 Å². The highest BCUT2D eigenvalue weighted by Crippen LogP contribution is 2.41. The fourth-order valence-electron chi connectivity index (χ4n) is 3.30. The third kappa shape index (κ3) is 1.88. The van der Waals surface area contributed by atoms with Crippen LogP contribution in [0.1, 0.15) is 11.6 Å². The molecule has 4 heteroatoms. The molecule has 2 aliphatic heterocycles. The van der Waals surface area contributed by atoms with Crippen LogP contribution in [-0.4, -0.2) is 19.5 Å². The van der Waals surface area contributed by atoms with Crippen molar-refractivity contribution in [2.24, 2.45) is 0 Å². The molecule has 0 bridgehead atoms. The molecule has 0 aliphatic carbocycles. The van der Waals surface area contributed by atoms with Gasteiger partial charge in [-0.3, -0.25) is 4.79 Å². The molecular formula is C18H17N3O. The van der Waals surface area contributed by atoms with Gasteiger partial charge in [0.1, 0.15) is 0 Å². The van der Waals surface area contributed by atoms with Crippen LogP contribution in [0.5, 0.6) is 0 Å². The van der Waals surface area contributed by atoms with E-state index in [1.54, 1.807) is 0 Å². The minimum atomic E-state index is -0.0881. The molecule has 0 saturated carbocycles. The fraction of sp³-hybridized carbons (Fsp3) is 0.167. The van der Waals surface area contributed by atoms with Crippen molar-refractivity contribution < 1.29 is 4.79 Å². The van der Waals surface area contributed by atoms with E-state index < -0.39 is 0 Å². The lowest BCUT2D eigenvalue weighted by atomic mass is 9.96. The van der Waals surface area contributed by atoms with Crippen molar-refractivity contribution >= 4 is 17.3 Å². The number of likely N-dealkylation sites (N-methyl/N-ethyl adjacent to an activating group) is 1. The van der Waals surface area contributed by atoms with E-state index in [0.717, 1.165) is 28.2 Å². The molecule has 4 nitrogen and oxygen atoms in total. The Morgan fingerprint density at radius 3 is 2.59 bits per heavy atom. The van der Waals surface area contributed by atoms with Crippen LogP contribution in [-0.2, 0) is 4.79 Å². The minimum Gasteiger partial charge on any atom is -0.361 e. The number of hydrogen-bond donors (Lipinski definition) is 2. The molecule has 1 amide bonds. The van der Waals surface area contributed by atoms with Gasteiger partial charge in [-0.05, 0) is 17.7 Å². The van der Waals surface area contributed by atoms with Crippen molar-refractivity contribution in [3.05, 3.63) is 71.4 Å². The monoisotopic (exact) mass is 291 g/mol. The van der Waals surface area contributed by atoms with Gasteiger partial charge in [0.15, 0.2) is 0 Å². The van der Waals surface area contributed by atoms with E-state index in [1.165, 1.54) is 0 Å². The van der Waals surface area contributed by atoms with Crippen LogP contribution in [0.25, 0.3) is 0 Å². The molecule has 2 N–H and O–H groups in total. The maximum atomic E-state index is 12.4. The summed E-state index contributed by atoms with van der Waals surface area (Å²) in [6.45, 7) is 0.555. The topological polar surface area (TPSA) is 44.4 Å². The zero-order chi connectivity index (χ0) is 15.1. The largest absolute Gasteiger partial charge is 0.361 e. The summed E-state index contributed by atoms with van der Waals surface area (Å²) < 4.78 is 0. The van der Waals surface area contributed by atoms with Crippen molar-refractivity contribution in [2.45, 2.75) is 6.04 Å². The zero-order valence-electron chi connectivity index (χ0n) is 12.3. The predicted molar refractivity (Wildman–Crippen MR) is 87.7 cm³/mol. The molecule has 0 radical (unpaired) electrons. The lowest BCUT2D eigenvalue weighted by molar-refractivity contribution is -0.116. The van der Waals surface area contributed by atoms with Crippen LogP contribution >= 0.6 is 0 Å². The van der Waals surface area contributed by atoms with E-state index in [2.05, 4.69) is 33.7 Å². The lowest BCUT2D eigenvalue weighted by Gasteiger charge is -2.30. The van der Waals surface area contributed by atoms with E-state index >= 15 is 0 Å². The second-order valence-corrected chi connectivity index (χ2v) is 5.64. The summed E-state index contributed by atoms with van der Waals surface area (Å²) in [5, 5.41) is 6.37. The smallest absolute Gasteiger partial charge is 0.251 e. The van der Waals surface area contributed by atoms with Gasteiger partial charge in [0.2, 0.25) is 0 Å². The van der Waals surface area contributed by atoms with Crippen LogP contribution in [0.15, 0.2) is 65.9 Å². The molecule has 2 aromatic rings. The Hall–Kier alpha value is -2.75. The Morgan fingerprint density at radius 2 is 1.77 bits per heavy atom. The van der Waals surface area contributed by atoms with Gasteiger partial charge in [0.05, 0.1) is 29.5 Å². The van der Waals surface area contributed by atoms with Gasteiger partial charge in [-0.15, -0.1) is 0 Å². The van der Waals surface area contributed by atoms with Crippen LogP contribution in [0.3, 0.4) is 0 Å². The Bertz CT molecular complexity index is 767. The molecule has 0 saturated heterocycles. The number of rotatable bonds is 1. The standard InChI is InChI=1S/C18H17N3O/c1-21-15-10-6-5-9-13(15)20-14-11-19-18(22)16(14)17(21)12-7-3-2-4-8-12/h2-10,17,20H,11H2,1H3,(H,19,22). The number of carbonyl (C=O) groups is 1. The maximum Gasteiger partial charge on any atom is 0.251 e. The molecule has 22 heavy (non-hydrogen) atoms. The average molecular weight is 291 g/mol. The molecule has 0 aromatic heterocycles. The molecule has 4 rings (SSSR count). The first kappa shape index (κ1) is 13.0. The van der Waals surface area contributed by atoms with Crippen molar-refractivity contribution in [1.29, 1.82) is 0 Å². The van der Waals surface area contributed by atoms with Crippen molar-refractivity contribution in [1.82, 2.24) is 5.32 Å². The first-order valence-electron chi connectivity index (χ1n) is 7.41. The van der Waals surface area contributed by atoms with E-state index in [1.807, 2.05) is 43.4 Å². The second kappa shape index (κ2) is 4.91. The summed E-state index contributed by atoms with van der Waals surface area (Å²) in [7, 11) is 2.04. The SMILES string of the molecule is CN1c2ccccc2NC2=C(C(=O)NC2)C1c1ccccc1. The zero-order valence-corrected chi connectivity index (χ0v) is 12.3. The highest BCUT2D eigenvalue weighted by atomic mass is 16.2. The summed E-state index contributed by atoms with van der Waals surface area (Å²) in [6, 6.07) is 18.2. The van der Waals surface area contributed by atoms with Gasteiger partial charge in [-0.25, -0.2) is 0 Å². The van der Waals surface area contributed by atoms with Gasteiger partial charge in [0, 0.05) is 12.7 Å². The van der Waals surface area contributed by atoms with Gasteiger partial charge in [-0.1, -0.05) is 42.5 Å². The Labute approximate surface area is 129 Å². The number of para-hydroxylation sites is 2. The van der Waals surface area contributed by atoms with Gasteiger partial charge in [0.25, 0.3) is 5.91 Å². The second-order valence-electron chi connectivity index (χ2n) is 5.64. The number of nitrogens with zero attached hydrogens (tertiary/aromatic N) is 1. The Kier molecular flexibility index (Phi) is 2.89. The number of benzene rings is 2. The van der Waals surface area contributed by atoms with Crippen molar-refractivity contribution in [2.75, 3.05) is 23.8 Å². The molecule has 2 aromatic carbocycles. The fourth-order valence-corrected chi connectivity index (χ4v) is 3.30. The van der Waals surface area contributed by atoms with E-state index in [9.17, 15) is 4.79 Å². The third-order valence-electron chi connectivity index (χ3n) is 4.34. The molecule has 110 valence electrons. The number of nitrogens with one attached hydrogen (secondary N) is 2. The third-order valence-corrected chi connectivity index (χ3v) is 4.34. The number of hydrogen-bond acceptors (Lipinski definition) is 3. The van der Waals surface area contributed by atoms with Crippen molar-refractivity contribution in [3.8, 4) is 0 Å². The lowest BCUT2D eigenvalue weighted by Crippen LogP contribution is -2.30. The molecule has 2 aliphatic rings. The predicted octanol–water partition coefficient (Wildman–Crippen LogP) is 2.67. The maximum absolute atomic E-state index is 12.4. The first-order valence-corrected chi connectivity index (χ1v) is 7.41. The number of anilines is 2. The average Bonchev–Trinajstić information content (AvgIpc) is 2.84. The molecular weight excluding hydrogens is 274 g/mol. The molecule has 2 heterocycles. The number of carbonyl (C=O) groups excluding carboxylic acids is 1. The summed E-state index contributed by atoms with van der Waals surface area (Å²) in [5.41, 5.74) is 5.03. The van der Waals surface area contributed by atoms with E-state index in [0.29, 0.717) is 6.54 Å². The van der Waals surface area contributed by atoms with Crippen LogP contribution in [0, 0.1) is 0 Å². The highest BCUT2D eigenvalue weighted by molar-refractivity contribution is 6.01. The van der Waals surface area contributed by atoms with E-state index in [-0.39, 0.29) is 11.9 Å². The Balaban J connectivity index is 1.93. The van der Waals surface area contributed by atoms with Crippen molar-refractivity contribution in [3.63, 3.8) is 0 Å². The summed E-state index contributed by atoms with van der Waals surface area (Å²) >= 11 is 0. The molecule has 0 spiro atoms. The van der Waals surface area contributed by atoms with E-state index in [4.69, 9.17) is 0 Å². The summed E-state index contributed by atoms with van der Waals surface area (Å²) in [6.07, 6.45) is 0. The number of amides is 1. The quantitative estimate of drug-likeness (QED) is 0.849. The van der Waals surface area contributed by atoms with Crippen LogP contribution in [0.2, 0.25) is 0 Å². The van der Waals surface area contributed by atoms with Crippen LogP contribution < -0.4 is 15.5 Å². The van der Waals surface area contributed by atoms with Gasteiger partial charge in [-0.2, -0.15) is 0 Å². The molecule has 0 fully saturated rings.